The molecule has 0 spiro atoms. The van der Waals surface area contributed by atoms with Gasteiger partial charge in [0.25, 0.3) is 0 Å². The van der Waals surface area contributed by atoms with Gasteiger partial charge in [-0.1, -0.05) is 0 Å². The van der Waals surface area contributed by atoms with Crippen molar-refractivity contribution >= 4 is 10.0 Å². The highest BCUT2D eigenvalue weighted by Crippen LogP contribution is 2.19. The maximum Gasteiger partial charge on any atom is 0.214 e. The highest BCUT2D eigenvalue weighted by Gasteiger charge is 2.40. The van der Waals surface area contributed by atoms with Crippen LogP contribution in [0.4, 0.5) is 0 Å². The summed E-state index contributed by atoms with van der Waals surface area (Å²) in [5.74, 6) is 0. The van der Waals surface area contributed by atoms with Gasteiger partial charge in [-0.25, -0.2) is 13.6 Å². The number of nitrogens with zero attached hydrogens (tertiary/aromatic N) is 1. The number of hydrogen-bond donors (Lipinski definition) is 1. The van der Waals surface area contributed by atoms with Gasteiger partial charge in [-0.15, -0.1) is 0 Å². The van der Waals surface area contributed by atoms with Crippen LogP contribution >= 0.6 is 0 Å². The fourth-order valence-electron chi connectivity index (χ4n) is 1.13. The Morgan fingerprint density at radius 3 is 2.20 bits per heavy atom. The maximum absolute atomic E-state index is 10.7. The first-order chi connectivity index (χ1) is 4.43. The van der Waals surface area contributed by atoms with Crippen molar-refractivity contribution in [3.8, 4) is 0 Å². The molecule has 0 aromatic heterocycles. The molecule has 4 nitrogen and oxygen atoms in total. The second-order valence-electron chi connectivity index (χ2n) is 2.81. The fourth-order valence-corrected chi connectivity index (χ4v) is 2.33. The zero-order chi connectivity index (χ0) is 7.94. The molecule has 0 amide bonds. The summed E-state index contributed by atoms with van der Waals surface area (Å²) in [7, 11) is -1.41. The van der Waals surface area contributed by atoms with Gasteiger partial charge >= 0.3 is 0 Å². The quantitative estimate of drug-likeness (QED) is 0.539. The second kappa shape index (κ2) is 2.18. The van der Waals surface area contributed by atoms with E-state index in [9.17, 15) is 8.42 Å². The van der Waals surface area contributed by atoms with E-state index in [-0.39, 0.29) is 11.3 Å². The molecule has 1 heterocycles. The zero-order valence-electron chi connectivity index (χ0n) is 6.11. The Morgan fingerprint density at radius 2 is 2.10 bits per heavy atom. The van der Waals surface area contributed by atoms with Crippen molar-refractivity contribution in [3.05, 3.63) is 0 Å². The summed E-state index contributed by atoms with van der Waals surface area (Å²) >= 11 is 0. The molecule has 2 N–H and O–H groups in total. The first-order valence-corrected chi connectivity index (χ1v) is 4.75. The predicted molar refractivity (Wildman–Crippen MR) is 39.0 cm³/mol. The third kappa shape index (κ3) is 1.16. The Bertz CT molecular complexity index is 224. The summed E-state index contributed by atoms with van der Waals surface area (Å²) in [5.41, 5.74) is 0. The Labute approximate surface area is 61.1 Å². The van der Waals surface area contributed by atoms with Crippen LogP contribution in [0.15, 0.2) is 0 Å². The molecule has 1 aliphatic heterocycles. The molecule has 0 aromatic carbocycles. The van der Waals surface area contributed by atoms with Crippen LogP contribution in [0, 0.1) is 0 Å². The molecule has 2 unspecified atom stereocenters. The van der Waals surface area contributed by atoms with Crippen LogP contribution in [-0.2, 0) is 10.0 Å². The number of nitrogens with two attached hydrogens (primary N) is 1. The first kappa shape index (κ1) is 7.97. The molecule has 0 aromatic rings. The Morgan fingerprint density at radius 1 is 1.60 bits per heavy atom. The summed E-state index contributed by atoms with van der Waals surface area (Å²) in [4.78, 5) is 1.95. The van der Waals surface area contributed by atoms with Crippen LogP contribution in [0.25, 0.3) is 0 Å². The largest absolute Gasteiger partial charge is 0.301 e. The van der Waals surface area contributed by atoms with E-state index >= 15 is 0 Å². The van der Waals surface area contributed by atoms with E-state index in [1.165, 1.54) is 0 Å². The molecule has 60 valence electrons. The van der Waals surface area contributed by atoms with Gasteiger partial charge in [-0.05, 0) is 14.0 Å². The van der Waals surface area contributed by atoms with Gasteiger partial charge in [0.15, 0.2) is 0 Å². The Balaban J connectivity index is 2.65. The van der Waals surface area contributed by atoms with Crippen LogP contribution in [0.3, 0.4) is 0 Å². The van der Waals surface area contributed by atoms with E-state index in [2.05, 4.69) is 0 Å². The zero-order valence-corrected chi connectivity index (χ0v) is 6.93. The van der Waals surface area contributed by atoms with Gasteiger partial charge in [0.05, 0.1) is 0 Å². The van der Waals surface area contributed by atoms with Gasteiger partial charge in [0.1, 0.15) is 5.25 Å². The van der Waals surface area contributed by atoms with E-state index in [0.29, 0.717) is 6.54 Å². The van der Waals surface area contributed by atoms with Crippen LogP contribution in [0.2, 0.25) is 0 Å². The molecule has 0 aliphatic carbocycles. The first-order valence-electron chi connectivity index (χ1n) is 3.15. The van der Waals surface area contributed by atoms with Gasteiger partial charge in [-0.2, -0.15) is 0 Å². The average molecular weight is 164 g/mol. The average Bonchev–Trinajstić information content (AvgIpc) is 1.79. The van der Waals surface area contributed by atoms with Crippen molar-refractivity contribution in [1.82, 2.24) is 4.90 Å². The minimum absolute atomic E-state index is 0.0787. The molecular weight excluding hydrogens is 152 g/mol. The number of likely N-dealkylation sites (tertiary alicyclic amines) is 1. The number of rotatable bonds is 1. The SMILES string of the molecule is CC1C(S(N)(=O)=O)CN1C. The molecule has 0 bridgehead atoms. The predicted octanol–water partition coefficient (Wildman–Crippen LogP) is -1.02. The third-order valence-corrected chi connectivity index (χ3v) is 3.51. The molecule has 0 saturated carbocycles. The minimum atomic E-state index is -3.29. The number of hydrogen-bond acceptors (Lipinski definition) is 3. The van der Waals surface area contributed by atoms with Crippen molar-refractivity contribution in [2.75, 3.05) is 13.6 Å². The van der Waals surface area contributed by atoms with Gasteiger partial charge in [0.2, 0.25) is 10.0 Å². The third-order valence-electron chi connectivity index (χ3n) is 2.12. The molecule has 2 atom stereocenters. The second-order valence-corrected chi connectivity index (χ2v) is 4.59. The van der Waals surface area contributed by atoms with Crippen molar-refractivity contribution in [2.24, 2.45) is 5.14 Å². The number of sulfonamides is 1. The summed E-state index contributed by atoms with van der Waals surface area (Å²) in [6.45, 7) is 2.43. The summed E-state index contributed by atoms with van der Waals surface area (Å²) in [5, 5.41) is 4.59. The van der Waals surface area contributed by atoms with Gasteiger partial charge < -0.3 is 4.90 Å². The monoisotopic (exact) mass is 164 g/mol. The van der Waals surface area contributed by atoms with Crippen LogP contribution < -0.4 is 5.14 Å². The summed E-state index contributed by atoms with van der Waals surface area (Å²) < 4.78 is 21.4. The maximum atomic E-state index is 10.7. The molecule has 1 fully saturated rings. The lowest BCUT2D eigenvalue weighted by Crippen LogP contribution is -2.61. The molecule has 10 heavy (non-hydrogen) atoms. The standard InChI is InChI=1S/C5H12N2O2S/c1-4-5(3-7(4)2)10(6,8)9/h4-5H,3H2,1-2H3,(H2,6,8,9). The van der Waals surface area contributed by atoms with Crippen molar-refractivity contribution in [2.45, 2.75) is 18.2 Å². The molecule has 5 heteroatoms. The van der Waals surface area contributed by atoms with Gasteiger partial charge in [0, 0.05) is 12.6 Å². The molecule has 1 aliphatic rings. The normalized spacial score (nSPS) is 35.5. The lowest BCUT2D eigenvalue weighted by atomic mass is 10.1. The fraction of sp³-hybridized carbons (Fsp3) is 1.00. The van der Waals surface area contributed by atoms with Crippen LogP contribution in [-0.4, -0.2) is 38.2 Å². The molecule has 1 saturated heterocycles. The molecular formula is C5H12N2O2S. The highest BCUT2D eigenvalue weighted by molar-refractivity contribution is 7.89. The van der Waals surface area contributed by atoms with Crippen LogP contribution in [0.5, 0.6) is 0 Å². The highest BCUT2D eigenvalue weighted by atomic mass is 32.2. The summed E-state index contributed by atoms with van der Waals surface area (Å²) in [6.07, 6.45) is 0. The van der Waals surface area contributed by atoms with Crippen LogP contribution in [0.1, 0.15) is 6.92 Å². The van der Waals surface area contributed by atoms with E-state index in [0.717, 1.165) is 0 Å². The smallest absolute Gasteiger partial charge is 0.214 e. The van der Waals surface area contributed by atoms with E-state index in [1.54, 1.807) is 0 Å². The Hall–Kier alpha value is -0.130. The van der Waals surface area contributed by atoms with Crippen molar-refractivity contribution in [1.29, 1.82) is 0 Å². The van der Waals surface area contributed by atoms with Crippen molar-refractivity contribution < 1.29 is 8.42 Å². The van der Waals surface area contributed by atoms with Crippen molar-refractivity contribution in [3.63, 3.8) is 0 Å². The Kier molecular flexibility index (Phi) is 1.74. The van der Waals surface area contributed by atoms with E-state index < -0.39 is 10.0 Å². The lowest BCUT2D eigenvalue weighted by Gasteiger charge is -2.42. The van der Waals surface area contributed by atoms with Gasteiger partial charge in [-0.3, -0.25) is 0 Å². The molecule has 0 radical (unpaired) electrons. The summed E-state index contributed by atoms with van der Waals surface area (Å²) in [6, 6.07) is 0.0787. The van der Waals surface area contributed by atoms with E-state index in [4.69, 9.17) is 5.14 Å². The lowest BCUT2D eigenvalue weighted by molar-refractivity contribution is 0.147. The molecule has 1 rings (SSSR count). The topological polar surface area (TPSA) is 63.4 Å². The van der Waals surface area contributed by atoms with E-state index in [1.807, 2.05) is 18.9 Å². The number of primary sulfonamides is 1. The minimum Gasteiger partial charge on any atom is -0.301 e.